The second-order valence-electron chi connectivity index (χ2n) is 5.00. The molecule has 1 aliphatic rings. The summed E-state index contributed by atoms with van der Waals surface area (Å²) >= 11 is 3.27. The number of alkyl halides is 1. The van der Waals surface area contributed by atoms with E-state index in [4.69, 9.17) is 10.5 Å². The van der Waals surface area contributed by atoms with Crippen LogP contribution in [0.3, 0.4) is 0 Å². The van der Waals surface area contributed by atoms with Gasteiger partial charge in [-0.25, -0.2) is 4.98 Å². The third kappa shape index (κ3) is 2.82. The number of nitrogens with two attached hydrogens (primary N) is 1. The molecule has 5 N–H and O–H groups in total. The van der Waals surface area contributed by atoms with E-state index in [-0.39, 0.29) is 29.7 Å². The Morgan fingerprint density at radius 3 is 2.86 bits per heavy atom. The van der Waals surface area contributed by atoms with Gasteiger partial charge in [0.1, 0.15) is 5.01 Å². The normalized spacial score (nSPS) is 25.9. The molecule has 10 nitrogen and oxygen atoms in total. The van der Waals surface area contributed by atoms with Gasteiger partial charge in [-0.1, -0.05) is 15.9 Å². The molecule has 3 heterocycles. The quantitative estimate of drug-likeness (QED) is 0.427. The fraction of sp³-hybridized carbons (Fsp3) is 0.500. The molecule has 2 aromatic rings. The number of rotatable bonds is 3. The number of nitrogen functional groups attached to an aromatic ring is 1. The van der Waals surface area contributed by atoms with E-state index in [1.165, 1.54) is 6.33 Å². The molecule has 3 atom stereocenters. The smallest absolute Gasteiger partial charge is 0.354 e. The number of halogens is 1. The van der Waals surface area contributed by atoms with Gasteiger partial charge in [0.15, 0.2) is 17.0 Å². The molecule has 1 saturated heterocycles. The summed E-state index contributed by atoms with van der Waals surface area (Å²) in [5.74, 6) is -1.73. The summed E-state index contributed by atoms with van der Waals surface area (Å²) in [6.45, 7) is 0.346. The Balaban J connectivity index is 1.86. The topological polar surface area (TPSA) is 157 Å². The molecule has 2 aromatic heterocycles. The van der Waals surface area contributed by atoms with Crippen molar-refractivity contribution in [3.05, 3.63) is 6.33 Å². The molecule has 1 fully saturated rings. The number of anilines is 1. The van der Waals surface area contributed by atoms with Crippen LogP contribution in [-0.2, 0) is 15.8 Å². The molecule has 0 saturated carbocycles. The lowest BCUT2D eigenvalue weighted by Crippen LogP contribution is -2.15. The van der Waals surface area contributed by atoms with Crippen LogP contribution < -0.4 is 5.73 Å². The van der Waals surface area contributed by atoms with E-state index >= 15 is 0 Å². The molecule has 0 spiro atoms. The fourth-order valence-corrected chi connectivity index (χ4v) is 4.03. The highest BCUT2D eigenvalue weighted by molar-refractivity contribution is 9.09. The highest BCUT2D eigenvalue weighted by Gasteiger charge is 2.43. The van der Waals surface area contributed by atoms with E-state index in [1.807, 2.05) is 0 Å². The second-order valence-corrected chi connectivity index (χ2v) is 7.66. The summed E-state index contributed by atoms with van der Waals surface area (Å²) in [7, 11) is -4.30. The first-order chi connectivity index (χ1) is 10.3. The Hall–Kier alpha value is -1.26. The van der Waals surface area contributed by atoms with Crippen LogP contribution in [0.25, 0.3) is 11.2 Å². The number of hydrogen-bond donors (Lipinski definition) is 4. The molecule has 0 radical (unpaired) electrons. The standard InChI is InChI=1S/C10H13BrN5O5P/c11-7-4(1-5(21-7)22(18,19)20)2-16-3-13-6-8(16)14-10(12)15-9(6)17/h3-5,7H,1-2H2,(H2,18,19,20)(H3,12,14,15,17)/t4-,5-,7+/m1/s1. The van der Waals surface area contributed by atoms with E-state index < -0.39 is 18.5 Å². The Bertz CT molecular complexity index is 763. The average molecular weight is 394 g/mol. The minimum absolute atomic E-state index is 0.0853. The SMILES string of the molecule is Nc1nc(O)c2ncn(C[C@H]3C[C@@H](P(=O)(O)O)O[C@@H]3Br)c2n1. The van der Waals surface area contributed by atoms with E-state index in [9.17, 15) is 19.5 Å². The Morgan fingerprint density at radius 2 is 2.23 bits per heavy atom. The molecule has 0 aromatic carbocycles. The molecule has 1 aliphatic heterocycles. The van der Waals surface area contributed by atoms with E-state index in [1.54, 1.807) is 4.57 Å². The van der Waals surface area contributed by atoms with Gasteiger partial charge in [0, 0.05) is 12.5 Å². The first-order valence-electron chi connectivity index (χ1n) is 6.28. The number of imidazole rings is 1. The van der Waals surface area contributed by atoms with Gasteiger partial charge in [0.2, 0.25) is 11.8 Å². The van der Waals surface area contributed by atoms with E-state index in [0.29, 0.717) is 12.2 Å². The zero-order chi connectivity index (χ0) is 16.1. The van der Waals surface area contributed by atoms with Crippen molar-refractivity contribution in [2.75, 3.05) is 5.73 Å². The Morgan fingerprint density at radius 1 is 1.50 bits per heavy atom. The van der Waals surface area contributed by atoms with Crippen molar-refractivity contribution in [2.24, 2.45) is 5.92 Å². The summed E-state index contributed by atoms with van der Waals surface area (Å²) < 4.78 is 18.2. The van der Waals surface area contributed by atoms with E-state index in [2.05, 4.69) is 30.9 Å². The second kappa shape index (κ2) is 5.43. The summed E-state index contributed by atoms with van der Waals surface area (Å²) in [6.07, 6.45) is 1.65. The summed E-state index contributed by atoms with van der Waals surface area (Å²) in [5, 5.41) is 9.18. The molecule has 12 heteroatoms. The largest absolute Gasteiger partial charge is 0.492 e. The van der Waals surface area contributed by atoms with Gasteiger partial charge in [-0.05, 0) is 6.42 Å². The molecule has 0 unspecified atom stereocenters. The number of hydrogen-bond acceptors (Lipinski definition) is 7. The molecule has 0 amide bonds. The maximum Gasteiger partial charge on any atom is 0.354 e. The Kier molecular flexibility index (Phi) is 3.86. The first kappa shape index (κ1) is 15.6. The summed E-state index contributed by atoms with van der Waals surface area (Å²) in [6, 6.07) is 0. The zero-order valence-electron chi connectivity index (χ0n) is 11.1. The van der Waals surface area contributed by atoms with Crippen LogP contribution in [0.4, 0.5) is 5.95 Å². The number of ether oxygens (including phenoxy) is 1. The van der Waals surface area contributed by atoms with Crippen molar-refractivity contribution in [1.82, 2.24) is 19.5 Å². The van der Waals surface area contributed by atoms with Gasteiger partial charge >= 0.3 is 7.60 Å². The highest BCUT2D eigenvalue weighted by atomic mass is 79.9. The van der Waals surface area contributed by atoms with Crippen LogP contribution in [0.2, 0.25) is 0 Å². The van der Waals surface area contributed by atoms with Gasteiger partial charge in [-0.15, -0.1) is 0 Å². The van der Waals surface area contributed by atoms with Gasteiger partial charge < -0.3 is 29.9 Å². The molecule has 22 heavy (non-hydrogen) atoms. The van der Waals surface area contributed by atoms with Gasteiger partial charge in [0.05, 0.1) is 6.33 Å². The first-order valence-corrected chi connectivity index (χ1v) is 8.87. The maximum atomic E-state index is 11.3. The van der Waals surface area contributed by atoms with Crippen molar-refractivity contribution in [2.45, 2.75) is 23.8 Å². The number of fused-ring (bicyclic) bond motifs is 1. The van der Waals surface area contributed by atoms with Crippen molar-refractivity contribution in [3.8, 4) is 5.88 Å². The highest BCUT2D eigenvalue weighted by Crippen LogP contribution is 2.51. The molecular formula is C10H13BrN5O5P. The number of aromatic hydroxyl groups is 1. The number of aromatic nitrogens is 4. The summed E-state index contributed by atoms with van der Waals surface area (Å²) in [5.41, 5.74) is 6.07. The third-order valence-electron chi connectivity index (χ3n) is 3.43. The average Bonchev–Trinajstić information content (AvgIpc) is 2.95. The van der Waals surface area contributed by atoms with E-state index in [0.717, 1.165) is 0 Å². The molecule has 0 bridgehead atoms. The lowest BCUT2D eigenvalue weighted by Gasteiger charge is -2.13. The molecule has 3 rings (SSSR count). The maximum absolute atomic E-state index is 11.3. The van der Waals surface area contributed by atoms with Crippen molar-refractivity contribution in [1.29, 1.82) is 0 Å². The minimum atomic E-state index is -4.30. The van der Waals surface area contributed by atoms with Crippen LogP contribution in [0, 0.1) is 5.92 Å². The van der Waals surface area contributed by atoms with Crippen LogP contribution in [-0.4, -0.2) is 45.3 Å². The van der Waals surface area contributed by atoms with Crippen molar-refractivity contribution < 1.29 is 24.2 Å². The van der Waals surface area contributed by atoms with Crippen LogP contribution in [0.5, 0.6) is 5.88 Å². The van der Waals surface area contributed by atoms with Gasteiger partial charge in [0.25, 0.3) is 0 Å². The predicted molar refractivity (Wildman–Crippen MR) is 79.1 cm³/mol. The third-order valence-corrected chi connectivity index (χ3v) is 5.48. The van der Waals surface area contributed by atoms with Crippen LogP contribution >= 0.6 is 23.5 Å². The Labute approximate surface area is 132 Å². The molecule has 120 valence electrons. The molecular weight excluding hydrogens is 381 g/mol. The lowest BCUT2D eigenvalue weighted by molar-refractivity contribution is 0.116. The minimum Gasteiger partial charge on any atom is -0.492 e. The molecule has 0 aliphatic carbocycles. The van der Waals surface area contributed by atoms with Crippen molar-refractivity contribution >= 4 is 40.6 Å². The predicted octanol–water partition coefficient (Wildman–Crippen LogP) is 0.375. The van der Waals surface area contributed by atoms with Gasteiger partial charge in [-0.2, -0.15) is 9.97 Å². The van der Waals surface area contributed by atoms with Gasteiger partial charge in [-0.3, -0.25) is 4.57 Å². The lowest BCUT2D eigenvalue weighted by atomic mass is 10.1. The summed E-state index contributed by atoms with van der Waals surface area (Å²) in [4.78, 5) is 30.1. The zero-order valence-corrected chi connectivity index (χ0v) is 13.6. The van der Waals surface area contributed by atoms with Crippen molar-refractivity contribution in [3.63, 3.8) is 0 Å². The van der Waals surface area contributed by atoms with Crippen LogP contribution in [0.15, 0.2) is 6.33 Å². The monoisotopic (exact) mass is 393 g/mol. The fourth-order valence-electron chi connectivity index (χ4n) is 2.39. The number of nitrogens with zero attached hydrogens (tertiary/aromatic N) is 4. The van der Waals surface area contributed by atoms with Crippen LogP contribution in [0.1, 0.15) is 6.42 Å².